The Labute approximate surface area is 124 Å². The number of urea groups is 1. The van der Waals surface area contributed by atoms with Crippen molar-refractivity contribution in [2.75, 3.05) is 29.9 Å². The second-order valence-corrected chi connectivity index (χ2v) is 5.14. The first-order chi connectivity index (χ1) is 10.1. The van der Waals surface area contributed by atoms with Crippen molar-refractivity contribution in [2.45, 2.75) is 26.3 Å². The highest BCUT2D eigenvalue weighted by Gasteiger charge is 2.21. The minimum Gasteiger partial charge on any atom is -0.336 e. The lowest BCUT2D eigenvalue weighted by Crippen LogP contribution is -2.30. The summed E-state index contributed by atoms with van der Waals surface area (Å²) in [6, 6.07) is 7.39. The van der Waals surface area contributed by atoms with Crippen LogP contribution in [-0.4, -0.2) is 37.6 Å². The van der Waals surface area contributed by atoms with Gasteiger partial charge >= 0.3 is 6.03 Å². The number of anilines is 2. The third kappa shape index (κ3) is 4.19. The van der Waals surface area contributed by atoms with Gasteiger partial charge in [-0.15, -0.1) is 0 Å². The van der Waals surface area contributed by atoms with E-state index in [0.717, 1.165) is 12.2 Å². The molecule has 0 saturated carbocycles. The Morgan fingerprint density at radius 2 is 2.29 bits per heavy atom. The number of nitrogens with one attached hydrogen (secondary N) is 3. The topological polar surface area (TPSA) is 73.5 Å². The molecule has 0 radical (unpaired) electrons. The predicted octanol–water partition coefficient (Wildman–Crippen LogP) is 1.54. The Bertz CT molecular complexity index is 518. The smallest absolute Gasteiger partial charge is 0.321 e. The normalized spacial score (nSPS) is 15.7. The van der Waals surface area contributed by atoms with Gasteiger partial charge < -0.3 is 16.0 Å². The second kappa shape index (κ2) is 7.08. The van der Waals surface area contributed by atoms with Crippen LogP contribution in [0.25, 0.3) is 0 Å². The Kier molecular flexibility index (Phi) is 5.16. The second-order valence-electron chi connectivity index (χ2n) is 5.14. The average molecular weight is 290 g/mol. The van der Waals surface area contributed by atoms with Crippen LogP contribution >= 0.6 is 0 Å². The molecule has 3 amide bonds. The molecule has 1 unspecified atom stereocenters. The quantitative estimate of drug-likeness (QED) is 0.744. The summed E-state index contributed by atoms with van der Waals surface area (Å²) in [7, 11) is 0. The number of hydrogen-bond acceptors (Lipinski definition) is 3. The van der Waals surface area contributed by atoms with Crippen molar-refractivity contribution in [1.82, 2.24) is 10.6 Å². The maximum Gasteiger partial charge on any atom is 0.321 e. The van der Waals surface area contributed by atoms with Gasteiger partial charge in [0.15, 0.2) is 0 Å². The van der Waals surface area contributed by atoms with Crippen LogP contribution in [-0.2, 0) is 4.79 Å². The molecule has 3 N–H and O–H groups in total. The molecule has 0 bridgehead atoms. The molecular formula is C15H22N4O2. The first-order valence-electron chi connectivity index (χ1n) is 7.29. The van der Waals surface area contributed by atoms with Gasteiger partial charge in [0.1, 0.15) is 0 Å². The molecular weight excluding hydrogens is 268 g/mol. The number of benzene rings is 1. The van der Waals surface area contributed by atoms with E-state index in [0.29, 0.717) is 25.2 Å². The molecule has 1 aromatic carbocycles. The third-order valence-corrected chi connectivity index (χ3v) is 3.34. The zero-order valence-corrected chi connectivity index (χ0v) is 12.5. The lowest BCUT2D eigenvalue weighted by molar-refractivity contribution is -0.116. The van der Waals surface area contributed by atoms with E-state index in [1.807, 2.05) is 38.1 Å². The minimum absolute atomic E-state index is 0.0357. The van der Waals surface area contributed by atoms with Gasteiger partial charge in [0.2, 0.25) is 5.91 Å². The molecule has 0 aromatic heterocycles. The Morgan fingerprint density at radius 1 is 1.48 bits per heavy atom. The lowest BCUT2D eigenvalue weighted by atomic mass is 10.2. The van der Waals surface area contributed by atoms with E-state index >= 15 is 0 Å². The molecule has 6 nitrogen and oxygen atoms in total. The molecule has 1 aliphatic heterocycles. The summed E-state index contributed by atoms with van der Waals surface area (Å²) in [5.41, 5.74) is 1.50. The Morgan fingerprint density at radius 3 is 2.95 bits per heavy atom. The van der Waals surface area contributed by atoms with Crippen LogP contribution in [0.2, 0.25) is 0 Å². The third-order valence-electron chi connectivity index (χ3n) is 3.34. The van der Waals surface area contributed by atoms with Gasteiger partial charge in [-0.05, 0) is 31.7 Å². The number of amides is 3. The van der Waals surface area contributed by atoms with Gasteiger partial charge in [0, 0.05) is 36.9 Å². The van der Waals surface area contributed by atoms with E-state index in [4.69, 9.17) is 0 Å². The summed E-state index contributed by atoms with van der Waals surface area (Å²) in [4.78, 5) is 25.3. The van der Waals surface area contributed by atoms with Crippen LogP contribution < -0.4 is 20.9 Å². The van der Waals surface area contributed by atoms with E-state index in [-0.39, 0.29) is 18.0 Å². The monoisotopic (exact) mass is 290 g/mol. The number of carbonyl (C=O) groups excluding carboxylic acids is 2. The Hall–Kier alpha value is -2.08. The fourth-order valence-electron chi connectivity index (χ4n) is 2.38. The van der Waals surface area contributed by atoms with Gasteiger partial charge in [-0.25, -0.2) is 4.79 Å². The highest BCUT2D eigenvalue weighted by molar-refractivity contribution is 5.96. The SMILES string of the molecule is CCNC(C)CC(=O)Nc1cccc(N2CCNC2=O)c1. The zero-order valence-electron chi connectivity index (χ0n) is 12.5. The van der Waals surface area contributed by atoms with E-state index < -0.39 is 0 Å². The van der Waals surface area contributed by atoms with Crippen molar-refractivity contribution in [3.63, 3.8) is 0 Å². The van der Waals surface area contributed by atoms with Crippen molar-refractivity contribution in [3.05, 3.63) is 24.3 Å². The molecule has 1 saturated heterocycles. The molecule has 1 aliphatic rings. The van der Waals surface area contributed by atoms with Crippen LogP contribution in [0.5, 0.6) is 0 Å². The molecule has 1 aromatic rings. The highest BCUT2D eigenvalue weighted by Crippen LogP contribution is 2.21. The van der Waals surface area contributed by atoms with Gasteiger partial charge in [-0.2, -0.15) is 0 Å². The van der Waals surface area contributed by atoms with Gasteiger partial charge in [-0.1, -0.05) is 13.0 Å². The first kappa shape index (κ1) is 15.3. The summed E-state index contributed by atoms with van der Waals surface area (Å²) in [6.07, 6.45) is 0.419. The number of rotatable bonds is 6. The van der Waals surface area contributed by atoms with Crippen molar-refractivity contribution >= 4 is 23.3 Å². The van der Waals surface area contributed by atoms with E-state index in [2.05, 4.69) is 16.0 Å². The number of carbonyl (C=O) groups is 2. The summed E-state index contributed by atoms with van der Waals surface area (Å²) in [6.45, 7) is 6.13. The van der Waals surface area contributed by atoms with E-state index in [1.54, 1.807) is 4.90 Å². The average Bonchev–Trinajstić information content (AvgIpc) is 2.85. The van der Waals surface area contributed by atoms with Crippen molar-refractivity contribution in [2.24, 2.45) is 0 Å². The van der Waals surface area contributed by atoms with Crippen molar-refractivity contribution in [1.29, 1.82) is 0 Å². The maximum absolute atomic E-state index is 12.0. The maximum atomic E-state index is 12.0. The molecule has 0 aliphatic carbocycles. The Balaban J connectivity index is 1.97. The molecule has 0 spiro atoms. The summed E-state index contributed by atoms with van der Waals surface area (Å²) < 4.78 is 0. The van der Waals surface area contributed by atoms with Crippen LogP contribution in [0.15, 0.2) is 24.3 Å². The first-order valence-corrected chi connectivity index (χ1v) is 7.29. The number of hydrogen-bond donors (Lipinski definition) is 3. The van der Waals surface area contributed by atoms with E-state index in [1.165, 1.54) is 0 Å². The van der Waals surface area contributed by atoms with Crippen LogP contribution in [0.3, 0.4) is 0 Å². The standard InChI is InChI=1S/C15H22N4O2/c1-3-16-11(2)9-14(20)18-12-5-4-6-13(10-12)19-8-7-17-15(19)21/h4-6,10-11,16H,3,7-9H2,1-2H3,(H,17,21)(H,18,20). The molecule has 114 valence electrons. The summed E-state index contributed by atoms with van der Waals surface area (Å²) in [5.74, 6) is -0.0357. The molecule has 1 heterocycles. The van der Waals surface area contributed by atoms with Crippen molar-refractivity contribution in [3.8, 4) is 0 Å². The van der Waals surface area contributed by atoms with E-state index in [9.17, 15) is 9.59 Å². The van der Waals surface area contributed by atoms with Gasteiger partial charge in [0.05, 0.1) is 0 Å². The summed E-state index contributed by atoms with van der Waals surface area (Å²) in [5, 5.41) is 8.83. The largest absolute Gasteiger partial charge is 0.336 e. The molecule has 1 atom stereocenters. The minimum atomic E-state index is -0.0979. The highest BCUT2D eigenvalue weighted by atomic mass is 16.2. The van der Waals surface area contributed by atoms with Crippen LogP contribution in [0.1, 0.15) is 20.3 Å². The molecule has 21 heavy (non-hydrogen) atoms. The predicted molar refractivity (Wildman–Crippen MR) is 83.6 cm³/mol. The fraction of sp³-hybridized carbons (Fsp3) is 0.467. The van der Waals surface area contributed by atoms with Crippen LogP contribution in [0, 0.1) is 0 Å². The lowest BCUT2D eigenvalue weighted by Gasteiger charge is -2.16. The molecule has 1 fully saturated rings. The zero-order chi connectivity index (χ0) is 15.2. The number of nitrogens with zero attached hydrogens (tertiary/aromatic N) is 1. The fourth-order valence-corrected chi connectivity index (χ4v) is 2.38. The van der Waals surface area contributed by atoms with Gasteiger partial charge in [-0.3, -0.25) is 9.69 Å². The van der Waals surface area contributed by atoms with Crippen molar-refractivity contribution < 1.29 is 9.59 Å². The van der Waals surface area contributed by atoms with Gasteiger partial charge in [0.25, 0.3) is 0 Å². The molecule has 6 heteroatoms. The van der Waals surface area contributed by atoms with Crippen LogP contribution in [0.4, 0.5) is 16.2 Å². The summed E-state index contributed by atoms with van der Waals surface area (Å²) >= 11 is 0. The molecule has 2 rings (SSSR count).